The highest BCUT2D eigenvalue weighted by atomic mass is 32.3. The van der Waals surface area contributed by atoms with Crippen LogP contribution in [0.25, 0.3) is 4.13 Å². The second-order valence-corrected chi connectivity index (χ2v) is 11.7. The van der Waals surface area contributed by atoms with Crippen molar-refractivity contribution < 1.29 is 30.0 Å². The molecule has 3 N–H and O–H groups in total. The maximum absolute atomic E-state index is 12.5. The number of halogens is 3. The highest BCUT2D eigenvalue weighted by Crippen LogP contribution is 2.33. The summed E-state index contributed by atoms with van der Waals surface area (Å²) in [7, 11) is -11.3. The largest absolute Gasteiger partial charge is 0.480 e. The first-order chi connectivity index (χ1) is 16.7. The van der Waals surface area contributed by atoms with Gasteiger partial charge >= 0.3 is 5.51 Å². The van der Waals surface area contributed by atoms with E-state index < -0.39 is 30.5 Å². The maximum atomic E-state index is 12.5. The van der Waals surface area contributed by atoms with E-state index in [4.69, 9.17) is 0 Å². The fraction of sp³-hybridized carbons (Fsp3) is 0.478. The molecule has 0 saturated heterocycles. The molecule has 202 valence electrons. The van der Waals surface area contributed by atoms with Crippen molar-refractivity contribution in [2.45, 2.75) is 75.9 Å². The van der Waals surface area contributed by atoms with E-state index in [0.717, 1.165) is 49.2 Å². The van der Waals surface area contributed by atoms with Crippen LogP contribution in [0.15, 0.2) is 47.4 Å². The van der Waals surface area contributed by atoms with Gasteiger partial charge in [0.15, 0.2) is 10.0 Å². The Labute approximate surface area is 211 Å². The van der Waals surface area contributed by atoms with Gasteiger partial charge in [0.1, 0.15) is 10.0 Å². The summed E-state index contributed by atoms with van der Waals surface area (Å²) < 4.78 is 86.2. The van der Waals surface area contributed by atoms with Gasteiger partial charge < -0.3 is 20.1 Å². The highest BCUT2D eigenvalue weighted by Gasteiger charge is 2.40. The van der Waals surface area contributed by atoms with Gasteiger partial charge in [0, 0.05) is 39.7 Å². The smallest absolute Gasteiger partial charge is 0.424 e. The summed E-state index contributed by atoms with van der Waals surface area (Å²) in [6.45, 7) is 8.37. The summed E-state index contributed by atoms with van der Waals surface area (Å²) in [6, 6.07) is 11.0. The molecule has 2 aromatic carbocycles. The van der Waals surface area contributed by atoms with Crippen molar-refractivity contribution in [3.8, 4) is 0 Å². The molecule has 0 radical (unpaired) electrons. The number of rotatable bonds is 13. The van der Waals surface area contributed by atoms with Crippen molar-refractivity contribution in [1.82, 2.24) is 0 Å². The molecule has 0 aliphatic heterocycles. The first-order valence-electron chi connectivity index (χ1n) is 11.6. The number of hydrogen-bond donors (Lipinski definition) is 3. The first-order valence-corrected chi connectivity index (χ1v) is 14.5. The van der Waals surface area contributed by atoms with Crippen LogP contribution in [0.5, 0.6) is 0 Å². The lowest BCUT2D eigenvalue weighted by Crippen LogP contribution is -2.24. The van der Waals surface area contributed by atoms with Crippen LogP contribution >= 0.6 is 0 Å². The van der Waals surface area contributed by atoms with Crippen molar-refractivity contribution in [1.29, 1.82) is 0 Å². The third-order valence-corrected chi connectivity index (χ3v) is 8.60. The van der Waals surface area contributed by atoms with Crippen LogP contribution in [0.1, 0.15) is 53.4 Å². The van der Waals surface area contributed by atoms with Crippen molar-refractivity contribution in [3.63, 3.8) is 0 Å². The molecule has 0 aliphatic rings. The zero-order valence-electron chi connectivity index (χ0n) is 20.6. The van der Waals surface area contributed by atoms with Gasteiger partial charge in [0.25, 0.3) is 0 Å². The average Bonchev–Trinajstić information content (AvgIpc) is 2.80. The Kier molecular flexibility index (Phi) is 10.0. The predicted octanol–water partition coefficient (Wildman–Crippen LogP) is 6.54. The summed E-state index contributed by atoms with van der Waals surface area (Å²) in [5.41, 5.74) is -2.90. The number of nitrogens with one attached hydrogen (secondary N) is 3. The van der Waals surface area contributed by atoms with Crippen LogP contribution in [0.2, 0.25) is 0 Å². The van der Waals surface area contributed by atoms with Gasteiger partial charge in [0.05, 0.1) is 0 Å². The Morgan fingerprint density at radius 3 is 1.53 bits per heavy atom. The van der Waals surface area contributed by atoms with Crippen molar-refractivity contribution in [3.05, 3.63) is 46.6 Å². The third kappa shape index (κ3) is 8.00. The summed E-state index contributed by atoms with van der Waals surface area (Å²) in [5, 5.41) is 10.1. The van der Waals surface area contributed by atoms with E-state index in [1.165, 1.54) is 12.1 Å². The number of alkyl halides is 3. The lowest BCUT2D eigenvalue weighted by atomic mass is 10.1. The molecule has 0 spiro atoms. The number of benzene rings is 2. The number of hydrogen-bond acceptors (Lipinski definition) is 7. The van der Waals surface area contributed by atoms with E-state index in [0.29, 0.717) is 11.4 Å². The lowest BCUT2D eigenvalue weighted by molar-refractivity contribution is -0.0425. The molecule has 13 heteroatoms. The molecule has 0 amide bonds. The van der Waals surface area contributed by atoms with Crippen LogP contribution < -0.4 is 16.0 Å². The van der Waals surface area contributed by atoms with Gasteiger partial charge in [-0.3, -0.25) is 0 Å². The molecule has 0 atom stereocenters. The number of sulfonamides is 2. The van der Waals surface area contributed by atoms with Gasteiger partial charge in [-0.25, -0.2) is 16.8 Å². The quantitative estimate of drug-likeness (QED) is 0.259. The Balaban J connectivity index is 2.31. The molecule has 0 bridgehead atoms. The normalized spacial score (nSPS) is 12.7. The molecular formula is C23H32F3N4O4S2-. The second-order valence-electron chi connectivity index (χ2n) is 8.23. The molecule has 8 nitrogen and oxygen atoms in total. The monoisotopic (exact) mass is 549 g/mol. The molecular weight excluding hydrogens is 517 g/mol. The summed E-state index contributed by atoms with van der Waals surface area (Å²) in [6.07, 6.45) is 3.76. The second kappa shape index (κ2) is 12.2. The average molecular weight is 550 g/mol. The van der Waals surface area contributed by atoms with E-state index in [-0.39, 0.29) is 12.1 Å². The number of anilines is 4. The van der Waals surface area contributed by atoms with Crippen molar-refractivity contribution in [2.75, 3.05) is 16.0 Å². The van der Waals surface area contributed by atoms with E-state index in [9.17, 15) is 30.0 Å². The van der Waals surface area contributed by atoms with Gasteiger partial charge in [-0.15, -0.1) is 0 Å². The topological polar surface area (TPSA) is 118 Å². The zero-order chi connectivity index (χ0) is 27.1. The molecule has 0 fully saturated rings. The Hall–Kier alpha value is -2.51. The Bertz CT molecular complexity index is 1180. The van der Waals surface area contributed by atoms with E-state index in [2.05, 4.69) is 47.8 Å². The Morgan fingerprint density at radius 1 is 0.722 bits per heavy atom. The molecule has 0 aliphatic carbocycles. The van der Waals surface area contributed by atoms with Crippen LogP contribution in [0, 0.1) is 0 Å². The third-order valence-electron chi connectivity index (χ3n) is 5.58. The standard InChI is InChI=1S/C23H32F3N4O4S2/c1-5-16(6-2)27-19-13-20(28-17(7-3)8-4)15-21(14-19)29-18-9-11-22(12-10-18)35(31,32)30-36(33,34)23(24,25)26/h9-17,27-29H,5-8H2,1-4H3/q-1. The van der Waals surface area contributed by atoms with E-state index in [1.807, 2.05) is 18.2 Å². The SMILES string of the molecule is CCC(CC)Nc1cc(Nc2ccc(S(=O)(=O)[N-]S(=O)(=O)C(F)(F)F)cc2)cc(NC(CC)CC)c1. The predicted molar refractivity (Wildman–Crippen MR) is 138 cm³/mol. The minimum atomic E-state index is -6.19. The molecule has 36 heavy (non-hydrogen) atoms. The molecule has 0 aromatic heterocycles. The highest BCUT2D eigenvalue weighted by molar-refractivity contribution is 8.12. The molecule has 2 rings (SSSR count). The van der Waals surface area contributed by atoms with E-state index in [1.54, 1.807) is 0 Å². The first kappa shape index (κ1) is 29.7. The fourth-order valence-electron chi connectivity index (χ4n) is 3.41. The van der Waals surface area contributed by atoms with Gasteiger partial charge in [-0.2, -0.15) is 13.2 Å². The minimum Gasteiger partial charge on any atom is -0.424 e. The lowest BCUT2D eigenvalue weighted by Gasteiger charge is -2.22. The number of nitrogens with zero attached hydrogens (tertiary/aromatic N) is 1. The van der Waals surface area contributed by atoms with Gasteiger partial charge in [-0.05, 0) is 68.1 Å². The maximum Gasteiger partial charge on any atom is 0.480 e. The zero-order valence-corrected chi connectivity index (χ0v) is 22.2. The van der Waals surface area contributed by atoms with Crippen LogP contribution in [0.3, 0.4) is 0 Å². The summed E-state index contributed by atoms with van der Waals surface area (Å²) in [5.74, 6) is 0. The molecule has 2 aromatic rings. The molecule has 0 saturated carbocycles. The fourth-order valence-corrected chi connectivity index (χ4v) is 5.61. The minimum absolute atomic E-state index is 0.280. The van der Waals surface area contributed by atoms with Gasteiger partial charge in [0.2, 0.25) is 0 Å². The molecule has 0 unspecified atom stereocenters. The summed E-state index contributed by atoms with van der Waals surface area (Å²) in [4.78, 5) is -0.680. The van der Waals surface area contributed by atoms with E-state index >= 15 is 0 Å². The molecule has 0 heterocycles. The Morgan fingerprint density at radius 2 is 1.14 bits per heavy atom. The van der Waals surface area contributed by atoms with Crippen LogP contribution in [-0.4, -0.2) is 34.4 Å². The van der Waals surface area contributed by atoms with Crippen LogP contribution in [-0.2, 0) is 20.0 Å². The van der Waals surface area contributed by atoms with Crippen LogP contribution in [0.4, 0.5) is 35.9 Å². The summed E-state index contributed by atoms with van der Waals surface area (Å²) >= 11 is 0. The van der Waals surface area contributed by atoms with Crippen molar-refractivity contribution in [2.24, 2.45) is 0 Å². The van der Waals surface area contributed by atoms with Crippen molar-refractivity contribution >= 4 is 42.8 Å². The van der Waals surface area contributed by atoms with Gasteiger partial charge in [-0.1, -0.05) is 27.7 Å².